The van der Waals surface area contributed by atoms with E-state index in [-0.39, 0.29) is 12.1 Å². The lowest BCUT2D eigenvalue weighted by atomic mass is 10.1. The van der Waals surface area contributed by atoms with Crippen LogP contribution in [-0.4, -0.2) is 38.7 Å². The molecule has 0 bridgehead atoms. The van der Waals surface area contributed by atoms with E-state index >= 15 is 0 Å². The molecule has 1 atom stereocenters. The van der Waals surface area contributed by atoms with Gasteiger partial charge in [-0.25, -0.2) is 14.6 Å². The van der Waals surface area contributed by atoms with Gasteiger partial charge >= 0.3 is 12.1 Å². The Hall–Kier alpha value is -3.08. The Morgan fingerprint density at radius 3 is 2.39 bits per heavy atom. The van der Waals surface area contributed by atoms with Crippen molar-refractivity contribution in [2.75, 3.05) is 0 Å². The number of hydrogen-bond acceptors (Lipinski definition) is 6. The van der Waals surface area contributed by atoms with E-state index in [1.165, 1.54) is 0 Å². The topological polar surface area (TPSA) is 106 Å². The maximum Gasteiger partial charge on any atom is 0.408 e. The van der Waals surface area contributed by atoms with Crippen molar-refractivity contribution in [2.45, 2.75) is 65.2 Å². The molecule has 2 aromatic heterocycles. The Labute approximate surface area is 164 Å². The van der Waals surface area contributed by atoms with E-state index in [9.17, 15) is 9.59 Å². The molecule has 1 N–H and O–H groups in total. The molecule has 0 aliphatic heterocycles. The molecule has 28 heavy (non-hydrogen) atoms. The van der Waals surface area contributed by atoms with Crippen LogP contribution in [0.25, 0.3) is 5.65 Å². The number of hydrogen-bond donors (Lipinski definition) is 1. The normalized spacial score (nSPS) is 12.9. The van der Waals surface area contributed by atoms with E-state index in [0.717, 1.165) is 0 Å². The van der Waals surface area contributed by atoms with E-state index in [0.29, 0.717) is 11.3 Å². The molecule has 2 heterocycles. The number of carbonyl (C=O) groups excluding carboxylic acids is 2. The van der Waals surface area contributed by atoms with Crippen molar-refractivity contribution in [1.29, 1.82) is 5.26 Å². The highest BCUT2D eigenvalue weighted by molar-refractivity contribution is 5.82. The highest BCUT2D eigenvalue weighted by Crippen LogP contribution is 2.15. The van der Waals surface area contributed by atoms with Crippen molar-refractivity contribution in [3.05, 3.63) is 35.8 Å². The summed E-state index contributed by atoms with van der Waals surface area (Å²) < 4.78 is 12.4. The van der Waals surface area contributed by atoms with Gasteiger partial charge in [0, 0.05) is 18.3 Å². The molecule has 8 heteroatoms. The zero-order valence-electron chi connectivity index (χ0n) is 17.1. The fraction of sp³-hybridized carbons (Fsp3) is 0.500. The van der Waals surface area contributed by atoms with Crippen molar-refractivity contribution in [3.63, 3.8) is 0 Å². The van der Waals surface area contributed by atoms with Gasteiger partial charge in [-0.2, -0.15) is 5.26 Å². The van der Waals surface area contributed by atoms with Crippen molar-refractivity contribution < 1.29 is 19.1 Å². The minimum absolute atomic E-state index is 0.146. The van der Waals surface area contributed by atoms with Crippen LogP contribution in [0.2, 0.25) is 0 Å². The molecular formula is C20H26N4O4. The van der Waals surface area contributed by atoms with Crippen LogP contribution in [-0.2, 0) is 20.7 Å². The summed E-state index contributed by atoms with van der Waals surface area (Å²) in [5.41, 5.74) is 0.128. The van der Waals surface area contributed by atoms with Gasteiger partial charge in [-0.15, -0.1) is 0 Å². The molecule has 150 valence electrons. The second kappa shape index (κ2) is 7.89. The summed E-state index contributed by atoms with van der Waals surface area (Å²) in [6, 6.07) is 6.36. The van der Waals surface area contributed by atoms with Crippen LogP contribution in [0.3, 0.4) is 0 Å². The number of imidazole rings is 1. The number of fused-ring (bicyclic) bond motifs is 1. The summed E-state index contributed by atoms with van der Waals surface area (Å²) in [6.45, 7) is 10.5. The number of alkyl carbamates (subject to hydrolysis) is 1. The number of nitrogens with zero attached hydrogens (tertiary/aromatic N) is 3. The molecule has 1 amide bonds. The van der Waals surface area contributed by atoms with Crippen LogP contribution in [0.5, 0.6) is 0 Å². The molecule has 2 rings (SSSR count). The van der Waals surface area contributed by atoms with E-state index in [1.54, 1.807) is 70.3 Å². The predicted molar refractivity (Wildman–Crippen MR) is 103 cm³/mol. The van der Waals surface area contributed by atoms with Crippen molar-refractivity contribution in [1.82, 2.24) is 14.7 Å². The molecule has 8 nitrogen and oxygen atoms in total. The summed E-state index contributed by atoms with van der Waals surface area (Å²) in [5, 5.41) is 11.7. The first-order valence-corrected chi connectivity index (χ1v) is 8.97. The molecule has 0 spiro atoms. The SMILES string of the molecule is CC(C)(C)OC(=O)N[C@@H](Cc1cccc2nc(C#N)cn12)C(=O)OC(C)(C)C. The lowest BCUT2D eigenvalue weighted by Crippen LogP contribution is -2.47. The number of amides is 1. The first-order chi connectivity index (χ1) is 12.9. The predicted octanol–water partition coefficient (Wildman–Crippen LogP) is 2.98. The number of ether oxygens (including phenoxy) is 2. The van der Waals surface area contributed by atoms with Crippen LogP contribution in [0.15, 0.2) is 24.4 Å². The number of aromatic nitrogens is 2. The highest BCUT2D eigenvalue weighted by Gasteiger charge is 2.29. The van der Waals surface area contributed by atoms with Crippen LogP contribution < -0.4 is 5.32 Å². The summed E-state index contributed by atoms with van der Waals surface area (Å²) in [7, 11) is 0. The third-order valence-electron chi connectivity index (χ3n) is 3.49. The van der Waals surface area contributed by atoms with E-state index < -0.39 is 29.3 Å². The fourth-order valence-electron chi connectivity index (χ4n) is 2.51. The molecule has 0 saturated carbocycles. The Morgan fingerprint density at radius 2 is 1.82 bits per heavy atom. The van der Waals surface area contributed by atoms with Gasteiger partial charge in [0.15, 0.2) is 5.69 Å². The van der Waals surface area contributed by atoms with Crippen LogP contribution >= 0.6 is 0 Å². The van der Waals surface area contributed by atoms with Gasteiger partial charge in [-0.1, -0.05) is 6.07 Å². The summed E-state index contributed by atoms with van der Waals surface area (Å²) in [6.07, 6.45) is 1.02. The third-order valence-corrected chi connectivity index (χ3v) is 3.49. The quantitative estimate of drug-likeness (QED) is 0.810. The lowest BCUT2D eigenvalue weighted by molar-refractivity contribution is -0.157. The Kier molecular flexibility index (Phi) is 5.98. The second-order valence-electron chi connectivity index (χ2n) is 8.42. The van der Waals surface area contributed by atoms with Gasteiger partial charge in [0.25, 0.3) is 0 Å². The molecular weight excluding hydrogens is 360 g/mol. The average Bonchev–Trinajstić information content (AvgIpc) is 2.95. The maximum absolute atomic E-state index is 12.7. The Bertz CT molecular complexity index is 913. The summed E-state index contributed by atoms with van der Waals surface area (Å²) in [5.74, 6) is -0.573. The maximum atomic E-state index is 12.7. The van der Waals surface area contributed by atoms with E-state index in [4.69, 9.17) is 14.7 Å². The minimum atomic E-state index is -0.965. The van der Waals surface area contributed by atoms with E-state index in [1.807, 2.05) is 6.07 Å². The molecule has 0 aliphatic rings. The van der Waals surface area contributed by atoms with Gasteiger partial charge in [-0.3, -0.25) is 0 Å². The van der Waals surface area contributed by atoms with Crippen LogP contribution in [0, 0.1) is 11.3 Å². The number of rotatable bonds is 4. The van der Waals surface area contributed by atoms with Crippen molar-refractivity contribution >= 4 is 17.7 Å². The number of nitriles is 1. The molecule has 2 aromatic rings. The highest BCUT2D eigenvalue weighted by atomic mass is 16.6. The van der Waals surface area contributed by atoms with E-state index in [2.05, 4.69) is 10.3 Å². The van der Waals surface area contributed by atoms with Gasteiger partial charge in [0.05, 0.1) is 0 Å². The van der Waals surface area contributed by atoms with Gasteiger partial charge in [0.2, 0.25) is 0 Å². The van der Waals surface area contributed by atoms with Crippen LogP contribution in [0.4, 0.5) is 4.79 Å². The largest absolute Gasteiger partial charge is 0.458 e. The molecule has 0 fully saturated rings. The van der Waals surface area contributed by atoms with Gasteiger partial charge < -0.3 is 19.2 Å². The zero-order chi connectivity index (χ0) is 21.1. The van der Waals surface area contributed by atoms with Gasteiger partial charge in [0.1, 0.15) is 29.0 Å². The molecule has 0 radical (unpaired) electrons. The molecule has 0 aromatic carbocycles. The molecule has 0 saturated heterocycles. The average molecular weight is 386 g/mol. The number of carbonyl (C=O) groups is 2. The minimum Gasteiger partial charge on any atom is -0.458 e. The lowest BCUT2D eigenvalue weighted by Gasteiger charge is -2.26. The van der Waals surface area contributed by atoms with Gasteiger partial charge in [-0.05, 0) is 53.7 Å². The smallest absolute Gasteiger partial charge is 0.408 e. The molecule has 0 aliphatic carbocycles. The van der Waals surface area contributed by atoms with Crippen LogP contribution in [0.1, 0.15) is 52.9 Å². The first-order valence-electron chi connectivity index (χ1n) is 8.97. The first kappa shape index (κ1) is 21.2. The Balaban J connectivity index is 2.31. The summed E-state index contributed by atoms with van der Waals surface area (Å²) >= 11 is 0. The second-order valence-corrected chi connectivity index (χ2v) is 8.42. The van der Waals surface area contributed by atoms with Crippen molar-refractivity contribution in [3.8, 4) is 6.07 Å². The monoisotopic (exact) mass is 386 g/mol. The number of esters is 1. The Morgan fingerprint density at radius 1 is 1.18 bits per heavy atom. The van der Waals surface area contributed by atoms with Crippen molar-refractivity contribution in [2.24, 2.45) is 0 Å². The standard InChI is InChI=1S/C20H26N4O4/c1-19(2,3)27-17(25)15(23-18(26)28-20(4,5)6)10-14-8-7-9-16-22-13(11-21)12-24(14)16/h7-9,12,15H,10H2,1-6H3,(H,23,26)/t15-/m0/s1. The third kappa shape index (κ3) is 5.98. The molecule has 0 unspecified atom stereocenters. The number of pyridine rings is 1. The number of nitrogens with one attached hydrogen (secondary N) is 1. The summed E-state index contributed by atoms with van der Waals surface area (Å²) in [4.78, 5) is 29.1. The zero-order valence-corrected chi connectivity index (χ0v) is 17.1. The fourth-order valence-corrected chi connectivity index (χ4v) is 2.51.